The van der Waals surface area contributed by atoms with Gasteiger partial charge in [-0.25, -0.2) is 4.39 Å². The van der Waals surface area contributed by atoms with Gasteiger partial charge in [0.2, 0.25) is 0 Å². The number of rotatable bonds is 3. The lowest BCUT2D eigenvalue weighted by Gasteiger charge is -2.14. The molecule has 0 atom stereocenters. The topological polar surface area (TPSA) is 51.1 Å². The fourth-order valence-electron chi connectivity index (χ4n) is 1.82. The highest BCUT2D eigenvalue weighted by Crippen LogP contribution is 2.23. The van der Waals surface area contributed by atoms with Crippen LogP contribution in [0.15, 0.2) is 29.1 Å². The lowest BCUT2D eigenvalue weighted by atomic mass is 10.2. The second-order valence-electron chi connectivity index (χ2n) is 4.39. The van der Waals surface area contributed by atoms with Crippen molar-refractivity contribution in [3.8, 4) is 0 Å². The minimum atomic E-state index is -0.468. The summed E-state index contributed by atoms with van der Waals surface area (Å²) in [5.74, 6) is -0.276. The van der Waals surface area contributed by atoms with E-state index in [0.717, 1.165) is 5.56 Å². The van der Waals surface area contributed by atoms with Crippen molar-refractivity contribution >= 4 is 29.4 Å². The highest BCUT2D eigenvalue weighted by Gasteiger charge is 2.13. The van der Waals surface area contributed by atoms with E-state index in [1.165, 1.54) is 23.7 Å². The third-order valence-electron chi connectivity index (χ3n) is 2.90. The van der Waals surface area contributed by atoms with Crippen LogP contribution >= 0.6 is 11.6 Å². The van der Waals surface area contributed by atoms with Crippen LogP contribution in [-0.4, -0.2) is 10.9 Å². The molecule has 6 heteroatoms. The first-order valence-electron chi connectivity index (χ1n) is 5.82. The maximum absolute atomic E-state index is 13.8. The lowest BCUT2D eigenvalue weighted by molar-refractivity contribution is 0.112. The first kappa shape index (κ1) is 14.3. The standard InChI is InChI=1S/C14H12ClFN2O2/c1-8-3-4-12(11(16)5-8)17-13-9(7-19)6-10(15)14(20)18(13)2/h3-7,17H,1-2H3. The van der Waals surface area contributed by atoms with Crippen molar-refractivity contribution in [1.29, 1.82) is 0 Å². The predicted octanol–water partition coefficient (Wildman–Crippen LogP) is 3.04. The van der Waals surface area contributed by atoms with Crippen LogP contribution in [0.3, 0.4) is 0 Å². The number of carbonyl (C=O) groups is 1. The Balaban J connectivity index is 2.56. The summed E-state index contributed by atoms with van der Waals surface area (Å²) in [5.41, 5.74) is 0.661. The molecular formula is C14H12ClFN2O2. The van der Waals surface area contributed by atoms with Crippen molar-refractivity contribution in [2.45, 2.75) is 6.92 Å². The number of carbonyl (C=O) groups excluding carboxylic acids is 1. The molecule has 0 radical (unpaired) electrons. The summed E-state index contributed by atoms with van der Waals surface area (Å²) < 4.78 is 15.0. The summed E-state index contributed by atoms with van der Waals surface area (Å²) in [6.07, 6.45) is 0.555. The van der Waals surface area contributed by atoms with Gasteiger partial charge >= 0.3 is 0 Å². The van der Waals surface area contributed by atoms with Gasteiger partial charge in [-0.15, -0.1) is 0 Å². The number of hydrogen-bond acceptors (Lipinski definition) is 3. The van der Waals surface area contributed by atoms with Gasteiger partial charge in [-0.1, -0.05) is 17.7 Å². The normalized spacial score (nSPS) is 10.4. The van der Waals surface area contributed by atoms with Crippen LogP contribution in [0.1, 0.15) is 15.9 Å². The number of nitrogens with one attached hydrogen (secondary N) is 1. The van der Waals surface area contributed by atoms with Gasteiger partial charge in [0, 0.05) is 7.05 Å². The Morgan fingerprint density at radius 2 is 2.05 bits per heavy atom. The molecule has 2 aromatic rings. The maximum Gasteiger partial charge on any atom is 0.270 e. The summed E-state index contributed by atoms with van der Waals surface area (Å²) in [5, 5.41) is 2.69. The zero-order chi connectivity index (χ0) is 14.9. The van der Waals surface area contributed by atoms with E-state index >= 15 is 0 Å². The largest absolute Gasteiger partial charge is 0.339 e. The van der Waals surface area contributed by atoms with E-state index in [1.54, 1.807) is 19.1 Å². The Labute approximate surface area is 119 Å². The number of hydrogen-bond donors (Lipinski definition) is 1. The highest BCUT2D eigenvalue weighted by molar-refractivity contribution is 6.30. The molecule has 0 spiro atoms. The van der Waals surface area contributed by atoms with E-state index in [-0.39, 0.29) is 22.1 Å². The summed E-state index contributed by atoms with van der Waals surface area (Å²) in [6, 6.07) is 5.88. The highest BCUT2D eigenvalue weighted by atomic mass is 35.5. The molecule has 2 rings (SSSR count). The molecule has 0 aliphatic heterocycles. The Morgan fingerprint density at radius 1 is 1.35 bits per heavy atom. The Hall–Kier alpha value is -2.14. The quantitative estimate of drug-likeness (QED) is 0.885. The van der Waals surface area contributed by atoms with Gasteiger partial charge in [0.15, 0.2) is 6.29 Å². The molecule has 0 aliphatic carbocycles. The zero-order valence-electron chi connectivity index (χ0n) is 10.9. The van der Waals surface area contributed by atoms with E-state index in [1.807, 2.05) is 0 Å². The fourth-order valence-corrected chi connectivity index (χ4v) is 2.06. The third-order valence-corrected chi connectivity index (χ3v) is 3.18. The Morgan fingerprint density at radius 3 is 2.65 bits per heavy atom. The van der Waals surface area contributed by atoms with Gasteiger partial charge in [-0.3, -0.25) is 14.2 Å². The summed E-state index contributed by atoms with van der Waals surface area (Å²) in [6.45, 7) is 1.77. The number of halogens is 2. The Bertz CT molecular complexity index is 741. The van der Waals surface area contributed by atoms with Gasteiger partial charge in [0.1, 0.15) is 16.7 Å². The molecule has 1 aromatic carbocycles. The number of aryl methyl sites for hydroxylation is 1. The van der Waals surface area contributed by atoms with Crippen molar-refractivity contribution in [1.82, 2.24) is 4.57 Å². The molecule has 0 aliphatic rings. The van der Waals surface area contributed by atoms with E-state index in [2.05, 4.69) is 5.32 Å². The van der Waals surface area contributed by atoms with Gasteiger partial charge in [-0.2, -0.15) is 0 Å². The smallest absolute Gasteiger partial charge is 0.270 e. The molecule has 0 saturated carbocycles. The number of aldehydes is 1. The molecule has 0 unspecified atom stereocenters. The van der Waals surface area contributed by atoms with Gasteiger partial charge in [0.05, 0.1) is 11.3 Å². The SMILES string of the molecule is Cc1ccc(Nc2c(C=O)cc(Cl)c(=O)n2C)c(F)c1. The number of pyridine rings is 1. The molecule has 0 bridgehead atoms. The fraction of sp³-hybridized carbons (Fsp3) is 0.143. The van der Waals surface area contributed by atoms with E-state index in [0.29, 0.717) is 6.29 Å². The predicted molar refractivity (Wildman–Crippen MR) is 76.5 cm³/mol. The minimum Gasteiger partial charge on any atom is -0.339 e. The van der Waals surface area contributed by atoms with Crippen LogP contribution < -0.4 is 10.9 Å². The first-order chi connectivity index (χ1) is 9.43. The number of benzene rings is 1. The van der Waals surface area contributed by atoms with Crippen molar-refractivity contribution in [3.05, 3.63) is 56.6 Å². The molecule has 1 N–H and O–H groups in total. The molecular weight excluding hydrogens is 283 g/mol. The lowest BCUT2D eigenvalue weighted by Crippen LogP contribution is -2.21. The zero-order valence-corrected chi connectivity index (χ0v) is 11.7. The van der Waals surface area contributed by atoms with Crippen LogP contribution in [0, 0.1) is 12.7 Å². The van der Waals surface area contributed by atoms with Gasteiger partial charge < -0.3 is 5.32 Å². The third kappa shape index (κ3) is 2.58. The van der Waals surface area contributed by atoms with E-state index < -0.39 is 11.4 Å². The van der Waals surface area contributed by atoms with Crippen molar-refractivity contribution in [3.63, 3.8) is 0 Å². The molecule has 1 aromatic heterocycles. The Kier molecular flexibility index (Phi) is 3.90. The number of anilines is 2. The van der Waals surface area contributed by atoms with Gasteiger partial charge in [0.25, 0.3) is 5.56 Å². The van der Waals surface area contributed by atoms with Crippen LogP contribution in [-0.2, 0) is 7.05 Å². The van der Waals surface area contributed by atoms with Crippen molar-refractivity contribution < 1.29 is 9.18 Å². The molecule has 1 heterocycles. The molecule has 104 valence electrons. The maximum atomic E-state index is 13.8. The molecule has 0 fully saturated rings. The van der Waals surface area contributed by atoms with E-state index in [4.69, 9.17) is 11.6 Å². The van der Waals surface area contributed by atoms with Crippen LogP contribution in [0.5, 0.6) is 0 Å². The average Bonchev–Trinajstić information content (AvgIpc) is 2.41. The van der Waals surface area contributed by atoms with Crippen LogP contribution in [0.25, 0.3) is 0 Å². The average molecular weight is 295 g/mol. The van der Waals surface area contributed by atoms with E-state index in [9.17, 15) is 14.0 Å². The molecule has 20 heavy (non-hydrogen) atoms. The summed E-state index contributed by atoms with van der Waals surface area (Å²) in [7, 11) is 1.45. The molecule has 4 nitrogen and oxygen atoms in total. The molecule has 0 amide bonds. The second-order valence-corrected chi connectivity index (χ2v) is 4.79. The van der Waals surface area contributed by atoms with Crippen LogP contribution in [0.2, 0.25) is 5.02 Å². The molecule has 0 saturated heterocycles. The monoisotopic (exact) mass is 294 g/mol. The summed E-state index contributed by atoms with van der Waals surface area (Å²) >= 11 is 5.73. The van der Waals surface area contributed by atoms with Crippen LogP contribution in [0.4, 0.5) is 15.9 Å². The van der Waals surface area contributed by atoms with Crippen molar-refractivity contribution in [2.24, 2.45) is 7.05 Å². The minimum absolute atomic E-state index is 0.0653. The number of nitrogens with zero attached hydrogens (tertiary/aromatic N) is 1. The summed E-state index contributed by atoms with van der Waals surface area (Å²) in [4.78, 5) is 22.8. The first-order valence-corrected chi connectivity index (χ1v) is 6.19. The van der Waals surface area contributed by atoms with Crippen molar-refractivity contribution in [2.75, 3.05) is 5.32 Å². The second kappa shape index (κ2) is 5.46. The number of aromatic nitrogens is 1. The van der Waals surface area contributed by atoms with Gasteiger partial charge in [-0.05, 0) is 30.7 Å².